The smallest absolute Gasteiger partial charge is 0.0497 e. The van der Waals surface area contributed by atoms with E-state index in [1.165, 1.54) is 22.3 Å². The summed E-state index contributed by atoms with van der Waals surface area (Å²) in [4.78, 5) is 4.67. The molecule has 0 radical (unpaired) electrons. The van der Waals surface area contributed by atoms with Crippen LogP contribution in [0.5, 0.6) is 0 Å². The Labute approximate surface area is 169 Å². The predicted octanol–water partition coefficient (Wildman–Crippen LogP) is 5.80. The van der Waals surface area contributed by atoms with Gasteiger partial charge in [0.05, 0.1) is 0 Å². The first-order chi connectivity index (χ1) is 13.3. The summed E-state index contributed by atoms with van der Waals surface area (Å²) in [6, 6.07) is 19.3. The average Bonchev–Trinajstić information content (AvgIpc) is 2.64. The molecule has 0 fully saturated rings. The lowest BCUT2D eigenvalue weighted by Crippen LogP contribution is -2.39. The number of benzene rings is 2. The van der Waals surface area contributed by atoms with Crippen LogP contribution < -0.4 is 10.6 Å². The van der Waals surface area contributed by atoms with Crippen LogP contribution in [0.4, 0.5) is 11.4 Å². The van der Waals surface area contributed by atoms with E-state index < -0.39 is 0 Å². The Morgan fingerprint density at radius 3 is 1.57 bits per heavy atom. The quantitative estimate of drug-likeness (QED) is 0.550. The van der Waals surface area contributed by atoms with E-state index in [9.17, 15) is 0 Å². The summed E-state index contributed by atoms with van der Waals surface area (Å²) in [5.41, 5.74) is 8.34. The van der Waals surface area contributed by atoms with E-state index in [0.29, 0.717) is 0 Å². The SMILES string of the molecule is Cc1cc(C)cc(NCC(C)(CNc2cc(C)cc(C)c2)c2ccccn2)c1. The molecule has 0 aliphatic rings. The number of nitrogens with zero attached hydrogens (tertiary/aromatic N) is 1. The fourth-order valence-electron chi connectivity index (χ4n) is 3.71. The van der Waals surface area contributed by atoms with Crippen LogP contribution in [0, 0.1) is 27.7 Å². The Morgan fingerprint density at radius 2 is 1.18 bits per heavy atom. The summed E-state index contributed by atoms with van der Waals surface area (Å²) in [7, 11) is 0. The van der Waals surface area contributed by atoms with Crippen LogP contribution in [0.3, 0.4) is 0 Å². The molecule has 146 valence electrons. The zero-order valence-corrected chi connectivity index (χ0v) is 17.6. The van der Waals surface area contributed by atoms with Crippen LogP contribution >= 0.6 is 0 Å². The molecule has 1 aromatic heterocycles. The molecular formula is C25H31N3. The maximum Gasteiger partial charge on any atom is 0.0497 e. The third kappa shape index (κ3) is 5.13. The standard InChI is InChI=1S/C25H31N3/c1-18-10-19(2)13-22(12-18)27-16-25(5,24-8-6-7-9-26-24)17-28-23-14-20(3)11-21(4)15-23/h6-15,27-28H,16-17H2,1-5H3. The van der Waals surface area contributed by atoms with Crippen molar-refractivity contribution < 1.29 is 0 Å². The van der Waals surface area contributed by atoms with Crippen LogP contribution in [0.15, 0.2) is 60.8 Å². The number of aromatic nitrogens is 1. The zero-order valence-electron chi connectivity index (χ0n) is 17.6. The maximum atomic E-state index is 4.67. The van der Waals surface area contributed by atoms with Crippen LogP contribution in [-0.2, 0) is 5.41 Å². The second-order valence-corrected chi connectivity index (χ2v) is 8.24. The number of hydrogen-bond donors (Lipinski definition) is 2. The van der Waals surface area contributed by atoms with Crippen molar-refractivity contribution in [1.29, 1.82) is 0 Å². The maximum absolute atomic E-state index is 4.67. The number of aryl methyl sites for hydroxylation is 4. The highest BCUT2D eigenvalue weighted by molar-refractivity contribution is 5.51. The molecule has 0 amide bonds. The Hall–Kier alpha value is -2.81. The number of pyridine rings is 1. The van der Waals surface area contributed by atoms with Crippen LogP contribution in [0.1, 0.15) is 34.9 Å². The summed E-state index contributed by atoms with van der Waals surface area (Å²) >= 11 is 0. The molecule has 28 heavy (non-hydrogen) atoms. The van der Waals surface area contributed by atoms with Crippen molar-refractivity contribution in [3.05, 3.63) is 88.7 Å². The van der Waals surface area contributed by atoms with Gasteiger partial charge in [-0.1, -0.05) is 25.1 Å². The van der Waals surface area contributed by atoms with Crippen molar-refractivity contribution in [2.75, 3.05) is 23.7 Å². The van der Waals surface area contributed by atoms with Crippen molar-refractivity contribution in [3.8, 4) is 0 Å². The fourth-order valence-corrected chi connectivity index (χ4v) is 3.71. The molecule has 0 bridgehead atoms. The topological polar surface area (TPSA) is 37.0 Å². The minimum atomic E-state index is -0.156. The Kier molecular flexibility index (Phi) is 6.03. The summed E-state index contributed by atoms with van der Waals surface area (Å²) in [6.45, 7) is 12.4. The second kappa shape index (κ2) is 8.47. The molecule has 3 heteroatoms. The summed E-state index contributed by atoms with van der Waals surface area (Å²) in [5.74, 6) is 0. The van der Waals surface area contributed by atoms with E-state index >= 15 is 0 Å². The van der Waals surface area contributed by atoms with Gasteiger partial charge in [-0.05, 0) is 86.3 Å². The Balaban J connectivity index is 1.81. The predicted molar refractivity (Wildman–Crippen MR) is 120 cm³/mol. The lowest BCUT2D eigenvalue weighted by molar-refractivity contribution is 0.511. The van der Waals surface area contributed by atoms with E-state index in [0.717, 1.165) is 30.2 Å². The summed E-state index contributed by atoms with van der Waals surface area (Å²) in [6.07, 6.45) is 1.88. The van der Waals surface area contributed by atoms with Gasteiger partial charge in [0.25, 0.3) is 0 Å². The van der Waals surface area contributed by atoms with E-state index in [4.69, 9.17) is 0 Å². The lowest BCUT2D eigenvalue weighted by Gasteiger charge is -2.31. The molecule has 3 rings (SSSR count). The molecule has 0 atom stereocenters. The molecule has 0 aliphatic heterocycles. The highest BCUT2D eigenvalue weighted by Gasteiger charge is 2.28. The minimum Gasteiger partial charge on any atom is -0.384 e. The zero-order chi connectivity index (χ0) is 20.1. The van der Waals surface area contributed by atoms with Gasteiger partial charge in [-0.2, -0.15) is 0 Å². The molecule has 2 N–H and O–H groups in total. The van der Waals surface area contributed by atoms with Crippen LogP contribution in [-0.4, -0.2) is 18.1 Å². The van der Waals surface area contributed by atoms with Crippen molar-refractivity contribution in [1.82, 2.24) is 4.98 Å². The first-order valence-electron chi connectivity index (χ1n) is 9.90. The monoisotopic (exact) mass is 373 g/mol. The third-order valence-electron chi connectivity index (χ3n) is 5.09. The molecule has 0 aliphatic carbocycles. The largest absolute Gasteiger partial charge is 0.384 e. The molecule has 0 unspecified atom stereocenters. The average molecular weight is 374 g/mol. The lowest BCUT2D eigenvalue weighted by atomic mass is 9.85. The molecule has 1 heterocycles. The summed E-state index contributed by atoms with van der Waals surface area (Å²) < 4.78 is 0. The molecule has 0 saturated heterocycles. The van der Waals surface area contributed by atoms with Gasteiger partial charge >= 0.3 is 0 Å². The Bertz CT molecular complexity index is 836. The van der Waals surface area contributed by atoms with E-state index in [-0.39, 0.29) is 5.41 Å². The van der Waals surface area contributed by atoms with Crippen LogP contribution in [0.25, 0.3) is 0 Å². The third-order valence-corrected chi connectivity index (χ3v) is 5.09. The first-order valence-corrected chi connectivity index (χ1v) is 9.90. The molecular weight excluding hydrogens is 342 g/mol. The molecule has 3 nitrogen and oxygen atoms in total. The van der Waals surface area contributed by atoms with E-state index in [1.54, 1.807) is 0 Å². The second-order valence-electron chi connectivity index (χ2n) is 8.24. The van der Waals surface area contributed by atoms with E-state index in [1.807, 2.05) is 12.3 Å². The molecule has 3 aromatic rings. The molecule has 2 aromatic carbocycles. The van der Waals surface area contributed by atoms with Gasteiger partial charge in [0, 0.05) is 41.8 Å². The highest BCUT2D eigenvalue weighted by Crippen LogP contribution is 2.25. The van der Waals surface area contributed by atoms with Gasteiger partial charge in [-0.25, -0.2) is 0 Å². The normalized spacial score (nSPS) is 11.3. The van der Waals surface area contributed by atoms with E-state index in [2.05, 4.69) is 98.8 Å². The fraction of sp³-hybridized carbons (Fsp3) is 0.320. The van der Waals surface area contributed by atoms with Crippen molar-refractivity contribution >= 4 is 11.4 Å². The van der Waals surface area contributed by atoms with Gasteiger partial charge in [0.2, 0.25) is 0 Å². The number of rotatable bonds is 7. The van der Waals surface area contributed by atoms with Gasteiger partial charge in [-0.3, -0.25) is 4.98 Å². The summed E-state index contributed by atoms with van der Waals surface area (Å²) in [5, 5.41) is 7.29. The highest BCUT2D eigenvalue weighted by atomic mass is 14.9. The number of anilines is 2. The van der Waals surface area contributed by atoms with Gasteiger partial charge < -0.3 is 10.6 Å². The van der Waals surface area contributed by atoms with Gasteiger partial charge in [-0.15, -0.1) is 0 Å². The van der Waals surface area contributed by atoms with Crippen molar-refractivity contribution in [2.45, 2.75) is 40.0 Å². The van der Waals surface area contributed by atoms with Crippen molar-refractivity contribution in [2.24, 2.45) is 0 Å². The number of hydrogen-bond acceptors (Lipinski definition) is 3. The number of nitrogens with one attached hydrogen (secondary N) is 2. The minimum absolute atomic E-state index is 0.156. The molecule has 0 spiro atoms. The van der Waals surface area contributed by atoms with Gasteiger partial charge in [0.1, 0.15) is 0 Å². The first kappa shape index (κ1) is 19.9. The Morgan fingerprint density at radius 1 is 0.714 bits per heavy atom. The van der Waals surface area contributed by atoms with Gasteiger partial charge in [0.15, 0.2) is 0 Å². The molecule has 0 saturated carbocycles. The van der Waals surface area contributed by atoms with Crippen molar-refractivity contribution in [3.63, 3.8) is 0 Å². The van der Waals surface area contributed by atoms with Crippen LogP contribution in [0.2, 0.25) is 0 Å².